The van der Waals surface area contributed by atoms with E-state index in [9.17, 15) is 8.42 Å². The zero-order valence-electron chi connectivity index (χ0n) is 11.7. The van der Waals surface area contributed by atoms with Crippen LogP contribution in [-0.2, 0) is 22.6 Å². The molecular formula is C12H15ClN4O2S2. The lowest BCUT2D eigenvalue weighted by atomic mass is 10.1. The predicted octanol–water partition coefficient (Wildman–Crippen LogP) is 1.97. The highest BCUT2D eigenvalue weighted by molar-refractivity contribution is 7.89. The van der Waals surface area contributed by atoms with E-state index in [1.165, 1.54) is 24.3 Å². The predicted molar refractivity (Wildman–Crippen MR) is 83.1 cm³/mol. The topological polar surface area (TPSA) is 76.9 Å². The normalized spacial score (nSPS) is 12.6. The summed E-state index contributed by atoms with van der Waals surface area (Å²) in [5, 5.41) is 8.67. The number of benzene rings is 1. The molecule has 1 N–H and O–H groups in total. The first kappa shape index (κ1) is 16.3. The van der Waals surface area contributed by atoms with Crippen molar-refractivity contribution in [1.82, 2.24) is 19.5 Å². The second-order valence-corrected chi connectivity index (χ2v) is 7.59. The molecule has 0 spiro atoms. The minimum Gasteiger partial charge on any atom is -0.308 e. The Morgan fingerprint density at radius 1 is 1.24 bits per heavy atom. The standard InChI is InChI=1S/C12H15ClN4O2S2/c1-12(2,10-14-15-11(20)17(10)3)16-21(18,19)9-6-4-8(13)5-7-9/h4-7,16H,1-3H3,(H,15,20). The second kappa shape index (κ2) is 5.60. The average molecular weight is 347 g/mol. The molecule has 21 heavy (non-hydrogen) atoms. The molecule has 0 saturated heterocycles. The van der Waals surface area contributed by atoms with Gasteiger partial charge < -0.3 is 4.57 Å². The summed E-state index contributed by atoms with van der Waals surface area (Å²) in [7, 11) is -1.99. The Hall–Kier alpha value is -1.09. The summed E-state index contributed by atoms with van der Waals surface area (Å²) in [5.41, 5.74) is -0.943. The molecule has 1 heterocycles. The van der Waals surface area contributed by atoms with Crippen LogP contribution in [0, 0.1) is 0 Å². The van der Waals surface area contributed by atoms with Crippen molar-refractivity contribution in [2.45, 2.75) is 29.4 Å². The van der Waals surface area contributed by atoms with Crippen molar-refractivity contribution in [3.8, 4) is 0 Å². The SMILES string of the molecule is Cn1c(S)nnc1C(C)(C)NS(=O)(=O)c1ccc(Cl)cc1. The van der Waals surface area contributed by atoms with Crippen LogP contribution in [0.2, 0.25) is 5.02 Å². The van der Waals surface area contributed by atoms with E-state index in [0.29, 0.717) is 16.0 Å². The van der Waals surface area contributed by atoms with Crippen LogP contribution in [-0.4, -0.2) is 23.2 Å². The smallest absolute Gasteiger partial charge is 0.241 e. The Labute approximate surface area is 134 Å². The van der Waals surface area contributed by atoms with Crippen LogP contribution in [0.15, 0.2) is 34.3 Å². The molecule has 0 saturated carbocycles. The highest BCUT2D eigenvalue weighted by Gasteiger charge is 2.32. The molecule has 0 bridgehead atoms. The van der Waals surface area contributed by atoms with Gasteiger partial charge in [-0.3, -0.25) is 0 Å². The summed E-state index contributed by atoms with van der Waals surface area (Å²) in [6.07, 6.45) is 0. The third kappa shape index (κ3) is 3.39. The third-order valence-corrected chi connectivity index (χ3v) is 5.24. The quantitative estimate of drug-likeness (QED) is 0.830. The highest BCUT2D eigenvalue weighted by atomic mass is 35.5. The molecule has 2 rings (SSSR count). The van der Waals surface area contributed by atoms with Crippen molar-refractivity contribution in [3.05, 3.63) is 35.1 Å². The van der Waals surface area contributed by atoms with Gasteiger partial charge in [-0.2, -0.15) is 4.72 Å². The molecule has 0 fully saturated rings. The summed E-state index contributed by atoms with van der Waals surface area (Å²) in [6, 6.07) is 5.94. The van der Waals surface area contributed by atoms with E-state index in [0.717, 1.165) is 0 Å². The van der Waals surface area contributed by atoms with Gasteiger partial charge in [-0.15, -0.1) is 22.8 Å². The van der Waals surface area contributed by atoms with Crippen LogP contribution in [0.25, 0.3) is 0 Å². The summed E-state index contributed by atoms with van der Waals surface area (Å²) < 4.78 is 29.1. The van der Waals surface area contributed by atoms with Gasteiger partial charge in [0.2, 0.25) is 10.0 Å². The summed E-state index contributed by atoms with van der Waals surface area (Å²) in [5.74, 6) is 0.463. The molecule has 0 radical (unpaired) electrons. The van der Waals surface area contributed by atoms with E-state index in [1.54, 1.807) is 25.5 Å². The van der Waals surface area contributed by atoms with E-state index in [2.05, 4.69) is 27.5 Å². The average Bonchev–Trinajstić information content (AvgIpc) is 2.70. The molecule has 0 aliphatic heterocycles. The Kier molecular flexibility index (Phi) is 4.34. The lowest BCUT2D eigenvalue weighted by Crippen LogP contribution is -2.42. The van der Waals surface area contributed by atoms with Gasteiger partial charge in [0.15, 0.2) is 11.0 Å². The fourth-order valence-corrected chi connectivity index (χ4v) is 3.56. The van der Waals surface area contributed by atoms with E-state index in [4.69, 9.17) is 11.6 Å². The molecule has 0 aliphatic rings. The molecule has 0 aliphatic carbocycles. The molecular weight excluding hydrogens is 332 g/mol. The summed E-state index contributed by atoms with van der Waals surface area (Å²) in [4.78, 5) is 0.133. The highest BCUT2D eigenvalue weighted by Crippen LogP contribution is 2.23. The Morgan fingerprint density at radius 2 is 1.81 bits per heavy atom. The minimum absolute atomic E-state index is 0.133. The molecule has 6 nitrogen and oxygen atoms in total. The number of halogens is 1. The van der Waals surface area contributed by atoms with Crippen molar-refractivity contribution in [2.75, 3.05) is 0 Å². The van der Waals surface area contributed by atoms with Gasteiger partial charge in [0, 0.05) is 12.1 Å². The number of sulfonamides is 1. The number of hydrogen-bond acceptors (Lipinski definition) is 5. The lowest BCUT2D eigenvalue weighted by Gasteiger charge is -2.24. The Bertz CT molecular complexity index is 754. The van der Waals surface area contributed by atoms with Crippen molar-refractivity contribution in [1.29, 1.82) is 0 Å². The first-order valence-electron chi connectivity index (χ1n) is 6.02. The van der Waals surface area contributed by atoms with Crippen LogP contribution in [0.1, 0.15) is 19.7 Å². The van der Waals surface area contributed by atoms with Gasteiger partial charge in [0.1, 0.15) is 0 Å². The molecule has 2 aromatic rings. The molecule has 114 valence electrons. The summed E-state index contributed by atoms with van der Waals surface area (Å²) in [6.45, 7) is 3.41. The van der Waals surface area contributed by atoms with E-state index in [-0.39, 0.29) is 4.90 Å². The fraction of sp³-hybridized carbons (Fsp3) is 0.333. The number of thiol groups is 1. The molecule has 1 aromatic heterocycles. The third-order valence-electron chi connectivity index (χ3n) is 2.92. The molecule has 9 heteroatoms. The number of nitrogens with one attached hydrogen (secondary N) is 1. The van der Waals surface area contributed by atoms with Crippen molar-refractivity contribution < 1.29 is 8.42 Å². The molecule has 0 unspecified atom stereocenters. The maximum absolute atomic E-state index is 12.4. The van der Waals surface area contributed by atoms with E-state index in [1.807, 2.05) is 0 Å². The Morgan fingerprint density at radius 3 is 2.29 bits per heavy atom. The van der Waals surface area contributed by atoms with E-state index < -0.39 is 15.6 Å². The van der Waals surface area contributed by atoms with Gasteiger partial charge in [-0.05, 0) is 38.1 Å². The second-order valence-electron chi connectivity index (χ2n) is 5.07. The van der Waals surface area contributed by atoms with Crippen LogP contribution in [0.3, 0.4) is 0 Å². The largest absolute Gasteiger partial charge is 0.308 e. The van der Waals surface area contributed by atoms with Gasteiger partial charge in [-0.25, -0.2) is 8.42 Å². The maximum Gasteiger partial charge on any atom is 0.241 e. The zero-order chi connectivity index (χ0) is 15.8. The summed E-state index contributed by atoms with van der Waals surface area (Å²) >= 11 is 9.91. The van der Waals surface area contributed by atoms with Gasteiger partial charge in [0.25, 0.3) is 0 Å². The van der Waals surface area contributed by atoms with E-state index >= 15 is 0 Å². The monoisotopic (exact) mass is 346 g/mol. The lowest BCUT2D eigenvalue weighted by molar-refractivity contribution is 0.429. The molecule has 0 amide bonds. The van der Waals surface area contributed by atoms with Crippen molar-refractivity contribution >= 4 is 34.3 Å². The first-order chi connectivity index (χ1) is 9.63. The zero-order valence-corrected chi connectivity index (χ0v) is 14.2. The van der Waals surface area contributed by atoms with Gasteiger partial charge >= 0.3 is 0 Å². The number of aromatic nitrogens is 3. The minimum atomic E-state index is -3.71. The van der Waals surface area contributed by atoms with Crippen LogP contribution in [0.4, 0.5) is 0 Å². The molecule has 1 aromatic carbocycles. The van der Waals surface area contributed by atoms with Gasteiger partial charge in [-0.1, -0.05) is 11.6 Å². The maximum atomic E-state index is 12.4. The fourth-order valence-electron chi connectivity index (χ4n) is 1.92. The van der Waals surface area contributed by atoms with Crippen LogP contribution < -0.4 is 4.72 Å². The molecule has 0 atom stereocenters. The van der Waals surface area contributed by atoms with Crippen molar-refractivity contribution in [2.24, 2.45) is 7.05 Å². The van der Waals surface area contributed by atoms with Crippen molar-refractivity contribution in [3.63, 3.8) is 0 Å². The van der Waals surface area contributed by atoms with Crippen LogP contribution in [0.5, 0.6) is 0 Å². The number of nitrogens with zero attached hydrogens (tertiary/aromatic N) is 3. The first-order valence-corrected chi connectivity index (χ1v) is 8.33. The van der Waals surface area contributed by atoms with Crippen LogP contribution >= 0.6 is 24.2 Å². The van der Waals surface area contributed by atoms with Gasteiger partial charge in [0.05, 0.1) is 10.4 Å². The number of hydrogen-bond donors (Lipinski definition) is 2. The Balaban J connectivity index is 2.35. The number of rotatable bonds is 4.